The van der Waals surface area contributed by atoms with E-state index in [2.05, 4.69) is 5.32 Å². The molecule has 23 heavy (non-hydrogen) atoms. The van der Waals surface area contributed by atoms with Gasteiger partial charge in [-0.1, -0.05) is 12.8 Å². The van der Waals surface area contributed by atoms with Crippen LogP contribution in [0.4, 0.5) is 0 Å². The molecule has 1 N–H and O–H groups in total. The maximum absolute atomic E-state index is 12.6. The predicted molar refractivity (Wildman–Crippen MR) is 88.2 cm³/mol. The average molecular weight is 332 g/mol. The minimum absolute atomic E-state index is 0.0197. The van der Waals surface area contributed by atoms with Gasteiger partial charge in [0, 0.05) is 17.0 Å². The molecule has 2 aromatic heterocycles. The number of nitrogens with one attached hydrogen (secondary N) is 1. The van der Waals surface area contributed by atoms with Crippen molar-refractivity contribution in [2.24, 2.45) is 0 Å². The summed E-state index contributed by atoms with van der Waals surface area (Å²) in [4.78, 5) is 26.4. The monoisotopic (exact) mass is 332 g/mol. The zero-order chi connectivity index (χ0) is 16.1. The zero-order valence-corrected chi connectivity index (χ0v) is 13.7. The first-order valence-corrected chi connectivity index (χ1v) is 8.80. The van der Waals surface area contributed by atoms with Gasteiger partial charge in [0.1, 0.15) is 5.76 Å². The van der Waals surface area contributed by atoms with Crippen LogP contribution in [0.25, 0.3) is 0 Å². The fraction of sp³-hybridized carbons (Fsp3) is 0.412. The molecular formula is C17H20N2O3S. The van der Waals surface area contributed by atoms with E-state index < -0.39 is 0 Å². The summed E-state index contributed by atoms with van der Waals surface area (Å²) in [5, 5.41) is 6.34. The number of nitrogens with zero attached hydrogens (tertiary/aromatic N) is 1. The molecule has 0 atom stereocenters. The highest BCUT2D eigenvalue weighted by Gasteiger charge is 2.27. The Morgan fingerprint density at radius 2 is 2.13 bits per heavy atom. The predicted octanol–water partition coefficient (Wildman–Crippen LogP) is 3.04. The van der Waals surface area contributed by atoms with Crippen LogP contribution in [0.2, 0.25) is 0 Å². The first kappa shape index (κ1) is 15.8. The van der Waals surface area contributed by atoms with E-state index >= 15 is 0 Å². The van der Waals surface area contributed by atoms with Gasteiger partial charge < -0.3 is 14.6 Å². The first-order valence-electron chi connectivity index (χ1n) is 7.86. The molecule has 0 spiro atoms. The van der Waals surface area contributed by atoms with E-state index in [1.165, 1.54) is 11.3 Å². The molecule has 2 amide bonds. The lowest BCUT2D eigenvalue weighted by Gasteiger charge is -2.28. The van der Waals surface area contributed by atoms with Gasteiger partial charge in [-0.2, -0.15) is 11.3 Å². The van der Waals surface area contributed by atoms with Crippen molar-refractivity contribution < 1.29 is 14.0 Å². The van der Waals surface area contributed by atoms with Crippen molar-refractivity contribution in [3.63, 3.8) is 0 Å². The highest BCUT2D eigenvalue weighted by Crippen LogP contribution is 2.25. The van der Waals surface area contributed by atoms with Crippen LogP contribution in [0.1, 0.15) is 41.8 Å². The van der Waals surface area contributed by atoms with Crippen molar-refractivity contribution in [2.75, 3.05) is 6.54 Å². The van der Waals surface area contributed by atoms with E-state index in [1.54, 1.807) is 17.7 Å². The standard InChI is InChI=1S/C17H20N2O3S/c20-16(10-18-17(21)13-7-9-23-12-13)19(14-4-1-2-5-14)11-15-6-3-8-22-15/h3,6-9,12,14H,1-2,4-5,10-11H2,(H,18,21). The van der Waals surface area contributed by atoms with Crippen LogP contribution in [-0.4, -0.2) is 29.3 Å². The fourth-order valence-electron chi connectivity index (χ4n) is 2.96. The van der Waals surface area contributed by atoms with Crippen LogP contribution >= 0.6 is 11.3 Å². The molecule has 0 bridgehead atoms. The van der Waals surface area contributed by atoms with E-state index in [0.29, 0.717) is 12.1 Å². The maximum atomic E-state index is 12.6. The number of furan rings is 1. The summed E-state index contributed by atoms with van der Waals surface area (Å²) in [6.07, 6.45) is 5.95. The summed E-state index contributed by atoms with van der Waals surface area (Å²) in [5.41, 5.74) is 0.598. The number of rotatable bonds is 6. The first-order chi connectivity index (χ1) is 11.2. The van der Waals surface area contributed by atoms with Crippen LogP contribution in [-0.2, 0) is 11.3 Å². The average Bonchev–Trinajstić information content (AvgIpc) is 3.32. The summed E-state index contributed by atoms with van der Waals surface area (Å²) in [5.74, 6) is 0.510. The van der Waals surface area contributed by atoms with Crippen molar-refractivity contribution in [1.29, 1.82) is 0 Å². The number of carbonyl (C=O) groups is 2. The summed E-state index contributed by atoms with van der Waals surface area (Å²) in [6, 6.07) is 5.69. The Labute approximate surface area is 139 Å². The number of carbonyl (C=O) groups excluding carboxylic acids is 2. The van der Waals surface area contributed by atoms with Gasteiger partial charge in [-0.3, -0.25) is 9.59 Å². The van der Waals surface area contributed by atoms with E-state index in [4.69, 9.17) is 4.42 Å². The second-order valence-corrected chi connectivity index (χ2v) is 6.51. The molecule has 2 aromatic rings. The number of hydrogen-bond acceptors (Lipinski definition) is 4. The van der Waals surface area contributed by atoms with Crippen LogP contribution in [0.15, 0.2) is 39.6 Å². The van der Waals surface area contributed by atoms with Crippen LogP contribution < -0.4 is 5.32 Å². The third-order valence-electron chi connectivity index (χ3n) is 4.18. The Morgan fingerprint density at radius 3 is 2.78 bits per heavy atom. The third kappa shape index (κ3) is 4.01. The van der Waals surface area contributed by atoms with Crippen LogP contribution in [0.5, 0.6) is 0 Å². The van der Waals surface area contributed by atoms with Crippen molar-refractivity contribution >= 4 is 23.2 Å². The largest absolute Gasteiger partial charge is 0.467 e. The minimum atomic E-state index is -0.205. The normalized spacial score (nSPS) is 14.8. The molecule has 1 saturated carbocycles. The Balaban J connectivity index is 1.61. The molecule has 0 aliphatic heterocycles. The molecular weight excluding hydrogens is 312 g/mol. The molecule has 0 saturated heterocycles. The molecule has 3 rings (SSSR count). The molecule has 0 aromatic carbocycles. The van der Waals surface area contributed by atoms with Crippen molar-refractivity contribution in [2.45, 2.75) is 38.3 Å². The summed E-state index contributed by atoms with van der Waals surface area (Å²) in [6.45, 7) is 0.483. The van der Waals surface area contributed by atoms with Crippen LogP contribution in [0, 0.1) is 0 Å². The highest BCUT2D eigenvalue weighted by atomic mass is 32.1. The molecule has 1 aliphatic carbocycles. The molecule has 1 fully saturated rings. The minimum Gasteiger partial charge on any atom is -0.467 e. The molecule has 0 radical (unpaired) electrons. The molecule has 2 heterocycles. The van der Waals surface area contributed by atoms with Crippen molar-refractivity contribution in [3.05, 3.63) is 46.5 Å². The molecule has 122 valence electrons. The molecule has 0 unspecified atom stereocenters. The van der Waals surface area contributed by atoms with Gasteiger partial charge in [0.15, 0.2) is 0 Å². The number of thiophene rings is 1. The number of hydrogen-bond donors (Lipinski definition) is 1. The van der Waals surface area contributed by atoms with Gasteiger partial charge in [0.2, 0.25) is 5.91 Å². The quantitative estimate of drug-likeness (QED) is 0.884. The van der Waals surface area contributed by atoms with E-state index in [9.17, 15) is 9.59 Å². The Morgan fingerprint density at radius 1 is 1.30 bits per heavy atom. The second-order valence-electron chi connectivity index (χ2n) is 5.73. The lowest BCUT2D eigenvalue weighted by Crippen LogP contribution is -2.44. The second kappa shape index (κ2) is 7.46. The molecule has 1 aliphatic rings. The van der Waals surface area contributed by atoms with E-state index in [1.807, 2.05) is 22.4 Å². The number of amides is 2. The lowest BCUT2D eigenvalue weighted by molar-refractivity contribution is -0.133. The topological polar surface area (TPSA) is 62.6 Å². The van der Waals surface area contributed by atoms with Crippen molar-refractivity contribution in [3.8, 4) is 0 Å². The van der Waals surface area contributed by atoms with E-state index in [0.717, 1.165) is 31.4 Å². The van der Waals surface area contributed by atoms with Gasteiger partial charge in [-0.05, 0) is 36.4 Å². The smallest absolute Gasteiger partial charge is 0.252 e. The van der Waals surface area contributed by atoms with Gasteiger partial charge in [0.25, 0.3) is 5.91 Å². The Kier molecular flexibility index (Phi) is 5.12. The lowest BCUT2D eigenvalue weighted by atomic mass is 10.2. The zero-order valence-electron chi connectivity index (χ0n) is 12.9. The fourth-order valence-corrected chi connectivity index (χ4v) is 3.60. The Hall–Kier alpha value is -2.08. The van der Waals surface area contributed by atoms with Gasteiger partial charge >= 0.3 is 0 Å². The van der Waals surface area contributed by atoms with Gasteiger partial charge in [-0.25, -0.2) is 0 Å². The Bertz CT molecular complexity index is 631. The maximum Gasteiger partial charge on any atom is 0.252 e. The molecule has 5 nitrogen and oxygen atoms in total. The summed E-state index contributed by atoms with van der Waals surface area (Å²) < 4.78 is 5.38. The van der Waals surface area contributed by atoms with Crippen LogP contribution in [0.3, 0.4) is 0 Å². The van der Waals surface area contributed by atoms with Crippen molar-refractivity contribution in [1.82, 2.24) is 10.2 Å². The van der Waals surface area contributed by atoms with Gasteiger partial charge in [-0.15, -0.1) is 0 Å². The van der Waals surface area contributed by atoms with E-state index in [-0.39, 0.29) is 24.4 Å². The van der Waals surface area contributed by atoms with Gasteiger partial charge in [0.05, 0.1) is 19.4 Å². The highest BCUT2D eigenvalue weighted by molar-refractivity contribution is 7.08. The SMILES string of the molecule is O=C(NCC(=O)N(Cc1ccco1)C1CCCC1)c1ccsc1. The summed E-state index contributed by atoms with van der Waals surface area (Å²) >= 11 is 1.46. The summed E-state index contributed by atoms with van der Waals surface area (Å²) in [7, 11) is 0. The third-order valence-corrected chi connectivity index (χ3v) is 4.86. The molecule has 6 heteroatoms.